The monoisotopic (exact) mass is 1050 g/mol. The van der Waals surface area contributed by atoms with Crippen LogP contribution in [-0.4, -0.2) is 47.4 Å². The van der Waals surface area contributed by atoms with Crippen LogP contribution in [0.2, 0.25) is 0 Å². The molecule has 0 fully saturated rings. The molecule has 3 N–H and O–H groups in total. The average molecular weight is 1050 g/mol. The molecule has 0 bridgehead atoms. The van der Waals surface area contributed by atoms with Crippen LogP contribution in [0.4, 0.5) is 0 Å². The maximum Gasteiger partial charge on any atom is 0.305 e. The summed E-state index contributed by atoms with van der Waals surface area (Å²) in [5, 5.41) is 23.2. The SMILES string of the molecule is CCCCCCCCCCCCCCCCCCC(=O)OCCCCCCCCCCCCCCCCCCCCCCCCCCCCCCCCCC(=O)NC(CO)C(O)CCCCCCCCCCCC. The molecule has 0 aromatic heterocycles. The lowest BCUT2D eigenvalue weighted by Crippen LogP contribution is -2.45. The van der Waals surface area contributed by atoms with Crippen LogP contribution < -0.4 is 5.32 Å². The van der Waals surface area contributed by atoms with Crippen molar-refractivity contribution in [1.82, 2.24) is 5.32 Å². The van der Waals surface area contributed by atoms with Crippen LogP contribution in [0.25, 0.3) is 0 Å². The van der Waals surface area contributed by atoms with E-state index in [4.69, 9.17) is 4.74 Å². The minimum absolute atomic E-state index is 0.0251. The maximum absolute atomic E-state index is 12.4. The van der Waals surface area contributed by atoms with Crippen LogP contribution in [0.1, 0.15) is 399 Å². The predicted octanol–water partition coefficient (Wildman–Crippen LogP) is 21.8. The fourth-order valence-corrected chi connectivity index (χ4v) is 11.2. The Balaban J connectivity index is 3.27. The Kier molecular flexibility index (Phi) is 63.4. The summed E-state index contributed by atoms with van der Waals surface area (Å²) in [5.41, 5.74) is 0. The molecule has 0 spiro atoms. The molecule has 0 heterocycles. The number of aliphatic hydroxyl groups is 2. The number of carbonyl (C=O) groups is 2. The molecule has 0 aromatic rings. The molecule has 0 radical (unpaired) electrons. The van der Waals surface area contributed by atoms with Crippen molar-refractivity contribution in [2.45, 2.75) is 411 Å². The summed E-state index contributed by atoms with van der Waals surface area (Å²) in [6, 6.07) is -0.535. The number of aliphatic hydroxyl groups excluding tert-OH is 2. The maximum atomic E-state index is 12.4. The third-order valence-electron chi connectivity index (χ3n) is 16.4. The molecule has 1 amide bonds. The largest absolute Gasteiger partial charge is 0.466 e. The molecule has 6 nitrogen and oxygen atoms in total. The predicted molar refractivity (Wildman–Crippen MR) is 324 cm³/mol. The Bertz CT molecular complexity index is 1070. The normalized spacial score (nSPS) is 12.4. The number of ether oxygens (including phenoxy) is 1. The summed E-state index contributed by atoms with van der Waals surface area (Å²) in [7, 11) is 0. The smallest absolute Gasteiger partial charge is 0.305 e. The Labute approximate surface area is 464 Å². The summed E-state index contributed by atoms with van der Waals surface area (Å²) < 4.78 is 5.51. The van der Waals surface area contributed by atoms with Crippen LogP contribution >= 0.6 is 0 Å². The molecule has 6 heteroatoms. The summed E-state index contributed by atoms with van der Waals surface area (Å²) in [6.07, 6.45) is 77.3. The minimum Gasteiger partial charge on any atom is -0.466 e. The van der Waals surface area contributed by atoms with Crippen molar-refractivity contribution < 1.29 is 24.5 Å². The third kappa shape index (κ3) is 60.1. The fraction of sp³-hybridized carbons (Fsp3) is 0.971. The average Bonchev–Trinajstić information content (AvgIpc) is 3.40. The van der Waals surface area contributed by atoms with Crippen molar-refractivity contribution in [2.75, 3.05) is 13.2 Å². The van der Waals surface area contributed by atoms with Gasteiger partial charge in [0.2, 0.25) is 5.91 Å². The second-order valence-electron chi connectivity index (χ2n) is 23.9. The molecule has 0 saturated carbocycles. The first-order chi connectivity index (χ1) is 36.5. The van der Waals surface area contributed by atoms with Crippen molar-refractivity contribution in [2.24, 2.45) is 0 Å². The highest BCUT2D eigenvalue weighted by molar-refractivity contribution is 5.76. The lowest BCUT2D eigenvalue weighted by molar-refractivity contribution is -0.143. The van der Waals surface area contributed by atoms with E-state index in [1.54, 1.807) is 0 Å². The first kappa shape index (κ1) is 72.9. The molecule has 0 saturated heterocycles. The van der Waals surface area contributed by atoms with E-state index in [1.165, 1.54) is 327 Å². The van der Waals surface area contributed by atoms with Gasteiger partial charge < -0.3 is 20.3 Å². The molecule has 0 aromatic carbocycles. The Morgan fingerprint density at radius 2 is 0.554 bits per heavy atom. The van der Waals surface area contributed by atoms with Gasteiger partial charge in [-0.15, -0.1) is 0 Å². The highest BCUT2D eigenvalue weighted by Gasteiger charge is 2.20. The van der Waals surface area contributed by atoms with E-state index in [0.717, 1.165) is 38.5 Å². The summed E-state index contributed by atoms with van der Waals surface area (Å²) in [4.78, 5) is 24.5. The molecule has 442 valence electrons. The van der Waals surface area contributed by atoms with Gasteiger partial charge in [0.15, 0.2) is 0 Å². The number of amides is 1. The number of unbranched alkanes of at least 4 members (excludes halogenated alkanes) is 54. The van der Waals surface area contributed by atoms with Crippen molar-refractivity contribution in [3.8, 4) is 0 Å². The standard InChI is InChI=1S/C68H135NO5/c1-3-5-7-9-11-13-15-16-17-36-39-42-46-50-54-58-62-68(73)74-63-59-55-51-47-43-40-37-34-32-30-28-26-24-22-20-18-19-21-23-25-27-29-31-33-35-38-41-45-49-53-57-61-67(72)69-65(64-70)66(71)60-56-52-48-44-14-12-10-8-6-4-2/h65-66,70-71H,3-64H2,1-2H3,(H,69,72). The number of rotatable bonds is 65. The van der Waals surface area contributed by atoms with E-state index in [1.807, 2.05) is 0 Å². The highest BCUT2D eigenvalue weighted by Crippen LogP contribution is 2.19. The van der Waals surface area contributed by atoms with Gasteiger partial charge in [0, 0.05) is 12.8 Å². The second-order valence-corrected chi connectivity index (χ2v) is 23.9. The highest BCUT2D eigenvalue weighted by atomic mass is 16.5. The van der Waals surface area contributed by atoms with E-state index in [2.05, 4.69) is 19.2 Å². The molecular weight excluding hydrogens is 911 g/mol. The minimum atomic E-state index is -0.658. The molecule has 74 heavy (non-hydrogen) atoms. The number of nitrogens with one attached hydrogen (secondary N) is 1. The zero-order valence-electron chi connectivity index (χ0n) is 50.6. The van der Waals surface area contributed by atoms with Gasteiger partial charge in [0.1, 0.15) is 0 Å². The molecule has 2 atom stereocenters. The fourth-order valence-electron chi connectivity index (χ4n) is 11.2. The zero-order chi connectivity index (χ0) is 53.6. The number of esters is 1. The van der Waals surface area contributed by atoms with Crippen LogP contribution in [-0.2, 0) is 14.3 Å². The van der Waals surface area contributed by atoms with Gasteiger partial charge in [0.25, 0.3) is 0 Å². The van der Waals surface area contributed by atoms with E-state index >= 15 is 0 Å². The molecule has 0 rings (SSSR count). The third-order valence-corrected chi connectivity index (χ3v) is 16.4. The molecule has 0 aliphatic heterocycles. The summed E-state index contributed by atoms with van der Waals surface area (Å²) >= 11 is 0. The van der Waals surface area contributed by atoms with Crippen LogP contribution in [0.3, 0.4) is 0 Å². The Hall–Kier alpha value is -1.14. The van der Waals surface area contributed by atoms with Crippen LogP contribution in [0.5, 0.6) is 0 Å². The quantitative estimate of drug-likeness (QED) is 0.0417. The van der Waals surface area contributed by atoms with Crippen molar-refractivity contribution in [1.29, 1.82) is 0 Å². The second kappa shape index (κ2) is 64.4. The van der Waals surface area contributed by atoms with Crippen molar-refractivity contribution in [3.05, 3.63) is 0 Å². The molecular formula is C68H135NO5. The molecule has 0 aliphatic carbocycles. The van der Waals surface area contributed by atoms with E-state index in [-0.39, 0.29) is 18.5 Å². The van der Waals surface area contributed by atoms with Gasteiger partial charge in [-0.25, -0.2) is 0 Å². The topological polar surface area (TPSA) is 95.9 Å². The van der Waals surface area contributed by atoms with Crippen LogP contribution in [0.15, 0.2) is 0 Å². The number of hydrogen-bond acceptors (Lipinski definition) is 5. The van der Waals surface area contributed by atoms with Gasteiger partial charge in [-0.05, 0) is 25.7 Å². The van der Waals surface area contributed by atoms with Gasteiger partial charge in [0.05, 0.1) is 25.4 Å². The molecule has 0 aliphatic rings. The molecule has 2 unspecified atom stereocenters. The lowest BCUT2D eigenvalue weighted by atomic mass is 10.0. The zero-order valence-corrected chi connectivity index (χ0v) is 50.6. The van der Waals surface area contributed by atoms with Crippen molar-refractivity contribution in [3.63, 3.8) is 0 Å². The van der Waals surface area contributed by atoms with E-state index < -0.39 is 12.1 Å². The van der Waals surface area contributed by atoms with Crippen molar-refractivity contribution >= 4 is 11.9 Å². The van der Waals surface area contributed by atoms with Crippen LogP contribution in [0, 0.1) is 0 Å². The number of carbonyl (C=O) groups excluding carboxylic acids is 2. The Morgan fingerprint density at radius 3 is 0.824 bits per heavy atom. The van der Waals surface area contributed by atoms with Gasteiger partial charge >= 0.3 is 5.97 Å². The van der Waals surface area contributed by atoms with E-state index in [0.29, 0.717) is 25.9 Å². The van der Waals surface area contributed by atoms with Gasteiger partial charge in [-0.1, -0.05) is 361 Å². The first-order valence-corrected chi connectivity index (χ1v) is 34.3. The van der Waals surface area contributed by atoms with Gasteiger partial charge in [-0.3, -0.25) is 9.59 Å². The first-order valence-electron chi connectivity index (χ1n) is 34.3. The summed E-state index contributed by atoms with van der Waals surface area (Å²) in [6.45, 7) is 4.98. The van der Waals surface area contributed by atoms with E-state index in [9.17, 15) is 19.8 Å². The Morgan fingerprint density at radius 1 is 0.324 bits per heavy atom. The number of hydrogen-bond donors (Lipinski definition) is 3. The van der Waals surface area contributed by atoms with Gasteiger partial charge in [-0.2, -0.15) is 0 Å². The lowest BCUT2D eigenvalue weighted by Gasteiger charge is -2.22. The summed E-state index contributed by atoms with van der Waals surface area (Å²) in [5.74, 6) is -0.00483.